The monoisotopic (exact) mass is 219 g/mol. The molecular weight excluding hydrogens is 206 g/mol. The van der Waals surface area contributed by atoms with Gasteiger partial charge in [0.25, 0.3) is 0 Å². The first-order chi connectivity index (χ1) is 7.68. The van der Waals surface area contributed by atoms with Crippen LogP contribution in [0.25, 0.3) is 0 Å². The first-order valence-corrected chi connectivity index (χ1v) is 5.26. The third-order valence-corrected chi connectivity index (χ3v) is 2.61. The highest BCUT2D eigenvalue weighted by Gasteiger charge is 2.32. The topological polar surface area (TPSA) is 66.4 Å². The fourth-order valence-corrected chi connectivity index (χ4v) is 1.54. The molecule has 0 saturated heterocycles. The summed E-state index contributed by atoms with van der Waals surface area (Å²) in [4.78, 5) is 22.6. The highest BCUT2D eigenvalue weighted by atomic mass is 16.4. The maximum absolute atomic E-state index is 11.5. The minimum atomic E-state index is -1.03. The van der Waals surface area contributed by atoms with E-state index in [1.54, 1.807) is 24.3 Å². The molecule has 84 valence electrons. The Morgan fingerprint density at radius 2 is 1.88 bits per heavy atom. The lowest BCUT2D eigenvalue weighted by atomic mass is 10.1. The van der Waals surface area contributed by atoms with Gasteiger partial charge in [0.15, 0.2) is 6.04 Å². The molecule has 0 aromatic heterocycles. The van der Waals surface area contributed by atoms with E-state index in [4.69, 9.17) is 5.11 Å². The Labute approximate surface area is 93.3 Å². The van der Waals surface area contributed by atoms with Crippen molar-refractivity contribution in [3.63, 3.8) is 0 Å². The molecule has 1 aromatic rings. The number of hydrogen-bond donors (Lipinski definition) is 2. The zero-order valence-corrected chi connectivity index (χ0v) is 8.72. The van der Waals surface area contributed by atoms with Crippen LogP contribution in [0, 0.1) is 5.92 Å². The predicted octanol–water partition coefficient (Wildman–Crippen LogP) is 1.34. The summed E-state index contributed by atoms with van der Waals surface area (Å²) in [6, 6.07) is 7.79. The quantitative estimate of drug-likeness (QED) is 0.803. The molecular formula is C12H13NO3. The number of aliphatic carboxylic acids is 1. The number of benzene rings is 1. The number of carbonyl (C=O) groups excluding carboxylic acids is 1. The molecule has 1 amide bonds. The molecule has 2 N–H and O–H groups in total. The molecule has 0 radical (unpaired) electrons. The van der Waals surface area contributed by atoms with Gasteiger partial charge in [-0.3, -0.25) is 4.79 Å². The number of nitrogens with one attached hydrogen (secondary N) is 1. The van der Waals surface area contributed by atoms with E-state index in [1.807, 2.05) is 6.07 Å². The molecule has 0 bridgehead atoms. The standard InChI is InChI=1S/C12H13NO3/c14-11(9-6-7-9)13-10(12(15)16)8-4-2-1-3-5-8/h1-5,9-10H,6-7H2,(H,13,14)(H,15,16). The van der Waals surface area contributed by atoms with Gasteiger partial charge < -0.3 is 10.4 Å². The Morgan fingerprint density at radius 3 is 2.38 bits per heavy atom. The van der Waals surface area contributed by atoms with Crippen molar-refractivity contribution >= 4 is 11.9 Å². The Morgan fingerprint density at radius 1 is 1.25 bits per heavy atom. The third kappa shape index (κ3) is 2.39. The van der Waals surface area contributed by atoms with Crippen LogP contribution in [0.1, 0.15) is 24.4 Å². The number of amides is 1. The van der Waals surface area contributed by atoms with E-state index in [9.17, 15) is 9.59 Å². The fraction of sp³-hybridized carbons (Fsp3) is 0.333. The second-order valence-electron chi connectivity index (χ2n) is 3.96. The normalized spacial score (nSPS) is 16.5. The molecule has 0 spiro atoms. The lowest BCUT2D eigenvalue weighted by Crippen LogP contribution is -2.34. The summed E-state index contributed by atoms with van der Waals surface area (Å²) in [6.45, 7) is 0. The number of carboxylic acids is 1. The van der Waals surface area contributed by atoms with E-state index in [-0.39, 0.29) is 11.8 Å². The average molecular weight is 219 g/mol. The summed E-state index contributed by atoms with van der Waals surface area (Å²) in [6.07, 6.45) is 1.74. The Bertz CT molecular complexity index is 398. The molecule has 1 aromatic carbocycles. The van der Waals surface area contributed by atoms with Crippen LogP contribution in [0.5, 0.6) is 0 Å². The lowest BCUT2D eigenvalue weighted by molar-refractivity contribution is -0.142. The largest absolute Gasteiger partial charge is 0.479 e. The zero-order chi connectivity index (χ0) is 11.5. The van der Waals surface area contributed by atoms with Gasteiger partial charge in [0.2, 0.25) is 5.91 Å². The molecule has 1 saturated carbocycles. The Balaban J connectivity index is 2.11. The fourth-order valence-electron chi connectivity index (χ4n) is 1.54. The highest BCUT2D eigenvalue weighted by Crippen LogP contribution is 2.29. The lowest BCUT2D eigenvalue weighted by Gasteiger charge is -2.14. The summed E-state index contributed by atoms with van der Waals surface area (Å²) in [5.41, 5.74) is 0.601. The van der Waals surface area contributed by atoms with Gasteiger partial charge in [0.05, 0.1) is 0 Å². The van der Waals surface area contributed by atoms with Crippen molar-refractivity contribution in [2.45, 2.75) is 18.9 Å². The second kappa shape index (κ2) is 4.35. The molecule has 4 heteroatoms. The van der Waals surface area contributed by atoms with Crippen LogP contribution in [0.2, 0.25) is 0 Å². The van der Waals surface area contributed by atoms with E-state index in [2.05, 4.69) is 5.32 Å². The second-order valence-corrected chi connectivity index (χ2v) is 3.96. The summed E-state index contributed by atoms with van der Waals surface area (Å²) in [5, 5.41) is 11.6. The van der Waals surface area contributed by atoms with Crippen LogP contribution in [0.3, 0.4) is 0 Å². The van der Waals surface area contributed by atoms with Crippen LogP contribution in [-0.2, 0) is 9.59 Å². The molecule has 16 heavy (non-hydrogen) atoms. The Kier molecular flexibility index (Phi) is 2.90. The molecule has 1 fully saturated rings. The van der Waals surface area contributed by atoms with E-state index in [0.29, 0.717) is 5.56 Å². The summed E-state index contributed by atoms with van der Waals surface area (Å²) < 4.78 is 0. The first kappa shape index (κ1) is 10.7. The third-order valence-electron chi connectivity index (χ3n) is 2.61. The number of rotatable bonds is 4. The van der Waals surface area contributed by atoms with E-state index in [1.165, 1.54) is 0 Å². The first-order valence-electron chi connectivity index (χ1n) is 5.26. The van der Waals surface area contributed by atoms with Gasteiger partial charge in [0, 0.05) is 5.92 Å². The summed E-state index contributed by atoms with van der Waals surface area (Å²) >= 11 is 0. The van der Waals surface area contributed by atoms with Crippen molar-refractivity contribution in [1.29, 1.82) is 0 Å². The SMILES string of the molecule is O=C(NC(C(=O)O)c1ccccc1)C1CC1. The maximum atomic E-state index is 11.5. The van der Waals surface area contributed by atoms with Crippen LogP contribution < -0.4 is 5.32 Å². The van der Waals surface area contributed by atoms with Gasteiger partial charge in [-0.2, -0.15) is 0 Å². The molecule has 1 aliphatic rings. The highest BCUT2D eigenvalue weighted by molar-refractivity contribution is 5.87. The van der Waals surface area contributed by atoms with Gasteiger partial charge >= 0.3 is 5.97 Å². The van der Waals surface area contributed by atoms with Crippen molar-refractivity contribution in [3.8, 4) is 0 Å². The Hall–Kier alpha value is -1.84. The van der Waals surface area contributed by atoms with Crippen molar-refractivity contribution in [2.24, 2.45) is 5.92 Å². The van der Waals surface area contributed by atoms with E-state index < -0.39 is 12.0 Å². The van der Waals surface area contributed by atoms with E-state index in [0.717, 1.165) is 12.8 Å². The summed E-state index contributed by atoms with van der Waals surface area (Å²) in [7, 11) is 0. The summed E-state index contributed by atoms with van der Waals surface area (Å²) in [5.74, 6) is -1.16. The molecule has 1 unspecified atom stereocenters. The number of carbonyl (C=O) groups is 2. The molecule has 2 rings (SSSR count). The van der Waals surface area contributed by atoms with Crippen LogP contribution >= 0.6 is 0 Å². The molecule has 4 nitrogen and oxygen atoms in total. The van der Waals surface area contributed by atoms with Gasteiger partial charge in [-0.25, -0.2) is 4.79 Å². The molecule has 1 atom stereocenters. The van der Waals surface area contributed by atoms with Crippen LogP contribution in [0.4, 0.5) is 0 Å². The van der Waals surface area contributed by atoms with Crippen LogP contribution in [-0.4, -0.2) is 17.0 Å². The van der Waals surface area contributed by atoms with E-state index >= 15 is 0 Å². The minimum Gasteiger partial charge on any atom is -0.479 e. The average Bonchev–Trinajstić information content (AvgIpc) is 3.10. The van der Waals surface area contributed by atoms with Crippen molar-refractivity contribution in [3.05, 3.63) is 35.9 Å². The van der Waals surface area contributed by atoms with Crippen molar-refractivity contribution in [2.75, 3.05) is 0 Å². The molecule has 0 heterocycles. The number of carboxylic acid groups (broad SMARTS) is 1. The van der Waals surface area contributed by atoms with Gasteiger partial charge in [-0.05, 0) is 18.4 Å². The van der Waals surface area contributed by atoms with Crippen molar-refractivity contribution in [1.82, 2.24) is 5.32 Å². The smallest absolute Gasteiger partial charge is 0.330 e. The van der Waals surface area contributed by atoms with Crippen molar-refractivity contribution < 1.29 is 14.7 Å². The minimum absolute atomic E-state index is 0.0190. The molecule has 1 aliphatic carbocycles. The molecule has 0 aliphatic heterocycles. The van der Waals surface area contributed by atoms with Crippen LogP contribution in [0.15, 0.2) is 30.3 Å². The van der Waals surface area contributed by atoms with Gasteiger partial charge in [-0.15, -0.1) is 0 Å². The zero-order valence-electron chi connectivity index (χ0n) is 8.72. The van der Waals surface area contributed by atoms with Gasteiger partial charge in [0.1, 0.15) is 0 Å². The van der Waals surface area contributed by atoms with Gasteiger partial charge in [-0.1, -0.05) is 30.3 Å². The number of hydrogen-bond acceptors (Lipinski definition) is 2. The maximum Gasteiger partial charge on any atom is 0.330 e. The predicted molar refractivity (Wildman–Crippen MR) is 57.7 cm³/mol.